The lowest BCUT2D eigenvalue weighted by Gasteiger charge is -2.16. The molecule has 1 aromatic heterocycles. The zero-order valence-corrected chi connectivity index (χ0v) is 11.9. The van der Waals surface area contributed by atoms with Gasteiger partial charge in [-0.05, 0) is 31.6 Å². The summed E-state index contributed by atoms with van der Waals surface area (Å²) >= 11 is 0. The molecule has 1 heterocycles. The fourth-order valence-corrected chi connectivity index (χ4v) is 2.21. The summed E-state index contributed by atoms with van der Waals surface area (Å²) in [6.07, 6.45) is 1.36. The number of likely N-dealkylation sites (N-methyl/N-ethyl adjacent to an activating group) is 1. The second-order valence-electron chi connectivity index (χ2n) is 5.22. The van der Waals surface area contributed by atoms with E-state index in [9.17, 15) is 9.90 Å². The largest absolute Gasteiger partial charge is 0.390 e. The summed E-state index contributed by atoms with van der Waals surface area (Å²) in [5, 5.41) is 13.6. The maximum absolute atomic E-state index is 11.9. The molecule has 1 unspecified atom stereocenters. The summed E-state index contributed by atoms with van der Waals surface area (Å²) < 4.78 is 1.91. The van der Waals surface area contributed by atoms with Crippen LogP contribution in [0.15, 0.2) is 36.5 Å². The molecular weight excluding hydrogens is 254 g/mol. The van der Waals surface area contributed by atoms with Crippen molar-refractivity contribution in [2.45, 2.75) is 12.6 Å². The Kier molecular flexibility index (Phi) is 4.76. The van der Waals surface area contributed by atoms with Crippen LogP contribution in [0.5, 0.6) is 0 Å². The van der Waals surface area contributed by atoms with Crippen LogP contribution in [-0.2, 0) is 11.3 Å². The van der Waals surface area contributed by atoms with E-state index in [2.05, 4.69) is 5.32 Å². The van der Waals surface area contributed by atoms with Gasteiger partial charge >= 0.3 is 0 Å². The maximum Gasteiger partial charge on any atom is 0.240 e. The first kappa shape index (κ1) is 14.6. The van der Waals surface area contributed by atoms with Crippen molar-refractivity contribution in [3.63, 3.8) is 0 Å². The minimum Gasteiger partial charge on any atom is -0.390 e. The normalized spacial score (nSPS) is 12.8. The van der Waals surface area contributed by atoms with Crippen molar-refractivity contribution in [1.29, 1.82) is 0 Å². The minimum atomic E-state index is -0.546. The highest BCUT2D eigenvalue weighted by atomic mass is 16.3. The first-order chi connectivity index (χ1) is 9.56. The number of nitrogens with one attached hydrogen (secondary N) is 1. The van der Waals surface area contributed by atoms with Gasteiger partial charge in [-0.25, -0.2) is 0 Å². The van der Waals surface area contributed by atoms with E-state index in [-0.39, 0.29) is 19.0 Å². The number of aliphatic hydroxyl groups is 1. The van der Waals surface area contributed by atoms with E-state index < -0.39 is 6.10 Å². The van der Waals surface area contributed by atoms with E-state index in [0.717, 1.165) is 10.9 Å². The number of fused-ring (bicyclic) bond motifs is 1. The first-order valence-corrected chi connectivity index (χ1v) is 6.69. The first-order valence-electron chi connectivity index (χ1n) is 6.69. The van der Waals surface area contributed by atoms with Gasteiger partial charge in [0.05, 0.1) is 6.10 Å². The van der Waals surface area contributed by atoms with Crippen LogP contribution in [0, 0.1) is 0 Å². The van der Waals surface area contributed by atoms with Crippen molar-refractivity contribution < 1.29 is 9.90 Å². The number of carbonyl (C=O) groups is 1. The molecule has 0 radical (unpaired) electrons. The van der Waals surface area contributed by atoms with Crippen molar-refractivity contribution in [2.24, 2.45) is 0 Å². The molecule has 0 saturated carbocycles. The number of para-hydroxylation sites is 1. The van der Waals surface area contributed by atoms with Crippen molar-refractivity contribution in [1.82, 2.24) is 14.8 Å². The summed E-state index contributed by atoms with van der Waals surface area (Å²) in [5.41, 5.74) is 1.04. The fraction of sp³-hybridized carbons (Fsp3) is 0.400. The average Bonchev–Trinajstić information content (AvgIpc) is 2.79. The molecule has 0 fully saturated rings. The Bertz CT molecular complexity index is 577. The third-order valence-electron chi connectivity index (χ3n) is 3.10. The standard InChI is InChI=1S/C15H21N3O2/c1-17(2)10-13(19)9-16-15(20)11-18-8-7-12-5-3-4-6-14(12)18/h3-8,13,19H,9-11H2,1-2H3,(H,16,20). The smallest absolute Gasteiger partial charge is 0.240 e. The van der Waals surface area contributed by atoms with Crippen LogP contribution < -0.4 is 5.32 Å². The second kappa shape index (κ2) is 6.54. The highest BCUT2D eigenvalue weighted by molar-refractivity contribution is 5.83. The summed E-state index contributed by atoms with van der Waals surface area (Å²) in [6, 6.07) is 9.93. The molecule has 2 aromatic rings. The van der Waals surface area contributed by atoms with Gasteiger partial charge in [-0.15, -0.1) is 0 Å². The number of aromatic nitrogens is 1. The molecule has 1 aromatic carbocycles. The molecule has 1 atom stereocenters. The lowest BCUT2D eigenvalue weighted by atomic mass is 10.2. The topological polar surface area (TPSA) is 57.5 Å². The molecule has 0 saturated heterocycles. The Balaban J connectivity index is 1.88. The maximum atomic E-state index is 11.9. The van der Waals surface area contributed by atoms with Crippen molar-refractivity contribution in [3.05, 3.63) is 36.5 Å². The third kappa shape index (κ3) is 3.82. The zero-order valence-electron chi connectivity index (χ0n) is 11.9. The predicted molar refractivity (Wildman–Crippen MR) is 79.5 cm³/mol. The molecule has 0 aliphatic heterocycles. The van der Waals surface area contributed by atoms with Gasteiger partial charge in [-0.3, -0.25) is 4.79 Å². The number of hydrogen-bond donors (Lipinski definition) is 2. The number of aliphatic hydroxyl groups excluding tert-OH is 1. The molecular formula is C15H21N3O2. The van der Waals surface area contributed by atoms with E-state index in [1.807, 2.05) is 60.1 Å². The van der Waals surface area contributed by atoms with Crippen LogP contribution in [-0.4, -0.2) is 53.8 Å². The molecule has 0 aliphatic rings. The van der Waals surface area contributed by atoms with E-state index >= 15 is 0 Å². The highest BCUT2D eigenvalue weighted by Gasteiger charge is 2.09. The van der Waals surface area contributed by atoms with Crippen LogP contribution in [0.1, 0.15) is 0 Å². The van der Waals surface area contributed by atoms with Gasteiger partial charge < -0.3 is 19.9 Å². The molecule has 5 nitrogen and oxygen atoms in total. The molecule has 0 bridgehead atoms. The van der Waals surface area contributed by atoms with Gasteiger partial charge in [-0.1, -0.05) is 18.2 Å². The Hall–Kier alpha value is -1.85. The second-order valence-corrected chi connectivity index (χ2v) is 5.22. The number of rotatable bonds is 6. The lowest BCUT2D eigenvalue weighted by Crippen LogP contribution is -2.38. The van der Waals surface area contributed by atoms with E-state index in [1.54, 1.807) is 0 Å². The number of benzene rings is 1. The Morgan fingerprint density at radius 2 is 2.10 bits per heavy atom. The predicted octanol–water partition coefficient (Wildman–Crippen LogP) is 0.680. The van der Waals surface area contributed by atoms with Crippen molar-refractivity contribution in [2.75, 3.05) is 27.2 Å². The van der Waals surface area contributed by atoms with Gasteiger partial charge in [0, 0.05) is 24.8 Å². The van der Waals surface area contributed by atoms with Crippen LogP contribution in [0.4, 0.5) is 0 Å². The fourth-order valence-electron chi connectivity index (χ4n) is 2.21. The molecule has 0 aliphatic carbocycles. The van der Waals surface area contributed by atoms with Crippen molar-refractivity contribution in [3.8, 4) is 0 Å². The SMILES string of the molecule is CN(C)CC(O)CNC(=O)Cn1ccc2ccccc21. The molecule has 2 N–H and O–H groups in total. The van der Waals surface area contributed by atoms with E-state index in [0.29, 0.717) is 6.54 Å². The molecule has 1 amide bonds. The number of carbonyl (C=O) groups excluding carboxylic acids is 1. The zero-order chi connectivity index (χ0) is 14.5. The van der Waals surface area contributed by atoms with Crippen molar-refractivity contribution >= 4 is 16.8 Å². The van der Waals surface area contributed by atoms with Crippen LogP contribution in [0.25, 0.3) is 10.9 Å². The third-order valence-corrected chi connectivity index (χ3v) is 3.10. The highest BCUT2D eigenvalue weighted by Crippen LogP contribution is 2.14. The monoisotopic (exact) mass is 275 g/mol. The molecule has 2 rings (SSSR count). The van der Waals surface area contributed by atoms with Gasteiger partial charge in [0.1, 0.15) is 6.54 Å². The van der Waals surface area contributed by atoms with Crippen LogP contribution in [0.2, 0.25) is 0 Å². The lowest BCUT2D eigenvalue weighted by molar-refractivity contribution is -0.122. The minimum absolute atomic E-state index is 0.0934. The van der Waals surface area contributed by atoms with Crippen LogP contribution in [0.3, 0.4) is 0 Å². The van der Waals surface area contributed by atoms with Gasteiger partial charge in [0.25, 0.3) is 0 Å². The molecule has 0 spiro atoms. The van der Waals surface area contributed by atoms with Gasteiger partial charge in [0.15, 0.2) is 0 Å². The summed E-state index contributed by atoms with van der Waals surface area (Å²) in [5.74, 6) is -0.0934. The Labute approximate surface area is 118 Å². The van der Waals surface area contributed by atoms with E-state index in [1.165, 1.54) is 0 Å². The number of hydrogen-bond acceptors (Lipinski definition) is 3. The number of amides is 1. The summed E-state index contributed by atoms with van der Waals surface area (Å²) in [4.78, 5) is 13.8. The van der Waals surface area contributed by atoms with E-state index in [4.69, 9.17) is 0 Å². The summed E-state index contributed by atoms with van der Waals surface area (Å²) in [6.45, 7) is 1.07. The Morgan fingerprint density at radius 1 is 1.35 bits per heavy atom. The molecule has 108 valence electrons. The Morgan fingerprint density at radius 3 is 2.85 bits per heavy atom. The van der Waals surface area contributed by atoms with Gasteiger partial charge in [0.2, 0.25) is 5.91 Å². The molecule has 5 heteroatoms. The quantitative estimate of drug-likeness (QED) is 0.815. The number of nitrogens with zero attached hydrogens (tertiary/aromatic N) is 2. The van der Waals surface area contributed by atoms with Gasteiger partial charge in [-0.2, -0.15) is 0 Å². The summed E-state index contributed by atoms with van der Waals surface area (Å²) in [7, 11) is 3.77. The average molecular weight is 275 g/mol. The van der Waals surface area contributed by atoms with Crippen LogP contribution >= 0.6 is 0 Å². The molecule has 20 heavy (non-hydrogen) atoms.